The Morgan fingerprint density at radius 2 is 1.96 bits per heavy atom. The minimum Gasteiger partial charge on any atom is -0.398 e. The van der Waals surface area contributed by atoms with Crippen LogP contribution in [0.1, 0.15) is 21.6 Å². The van der Waals surface area contributed by atoms with Crippen LogP contribution >= 0.6 is 0 Å². The predicted octanol–water partition coefficient (Wildman–Crippen LogP) is 3.21. The van der Waals surface area contributed by atoms with Crippen molar-refractivity contribution in [2.45, 2.75) is 13.5 Å². The van der Waals surface area contributed by atoms with E-state index in [4.69, 9.17) is 10.5 Å². The number of amides is 1. The highest BCUT2D eigenvalue weighted by atomic mass is 16.5. The maximum absolute atomic E-state index is 13.0. The standard InChI is InChI=1S/C22H24N4O2/c1-15-12-20(23)19-13-17(6-7-21(19)24-15)25-22(27)18-5-3-2-4-16(18)14-26-8-10-28-11-9-26/h2-7,12-13H,8-11,14H2,1H3,(H2,23,24)(H,25,27). The lowest BCUT2D eigenvalue weighted by Crippen LogP contribution is -2.36. The molecule has 1 aliphatic rings. The van der Waals surface area contributed by atoms with Crippen LogP contribution in [0, 0.1) is 6.92 Å². The highest BCUT2D eigenvalue weighted by Crippen LogP contribution is 2.24. The summed E-state index contributed by atoms with van der Waals surface area (Å²) in [7, 11) is 0. The van der Waals surface area contributed by atoms with Crippen molar-refractivity contribution in [2.75, 3.05) is 37.4 Å². The number of nitrogens with two attached hydrogens (primary N) is 1. The zero-order valence-corrected chi connectivity index (χ0v) is 15.9. The molecule has 0 spiro atoms. The van der Waals surface area contributed by atoms with Crippen LogP contribution in [-0.4, -0.2) is 42.1 Å². The van der Waals surface area contributed by atoms with E-state index >= 15 is 0 Å². The Balaban J connectivity index is 1.56. The molecule has 0 unspecified atom stereocenters. The summed E-state index contributed by atoms with van der Waals surface area (Å²) in [5.41, 5.74) is 10.9. The van der Waals surface area contributed by atoms with Gasteiger partial charge in [0.1, 0.15) is 0 Å². The fraction of sp³-hybridized carbons (Fsp3) is 0.273. The van der Waals surface area contributed by atoms with Gasteiger partial charge in [-0.05, 0) is 42.8 Å². The summed E-state index contributed by atoms with van der Waals surface area (Å²) in [5, 5.41) is 3.84. The van der Waals surface area contributed by atoms with E-state index in [1.54, 1.807) is 0 Å². The minimum atomic E-state index is -0.123. The summed E-state index contributed by atoms with van der Waals surface area (Å²) < 4.78 is 5.41. The Morgan fingerprint density at radius 3 is 2.79 bits per heavy atom. The van der Waals surface area contributed by atoms with Gasteiger partial charge >= 0.3 is 0 Å². The lowest BCUT2D eigenvalue weighted by molar-refractivity contribution is 0.0341. The second kappa shape index (κ2) is 7.96. The molecule has 2 aromatic carbocycles. The topological polar surface area (TPSA) is 80.5 Å². The Labute approximate surface area is 164 Å². The molecule has 2 heterocycles. The number of carbonyl (C=O) groups is 1. The maximum atomic E-state index is 13.0. The zero-order chi connectivity index (χ0) is 19.5. The van der Waals surface area contributed by atoms with Crippen molar-refractivity contribution in [3.63, 3.8) is 0 Å². The zero-order valence-electron chi connectivity index (χ0n) is 15.9. The van der Waals surface area contributed by atoms with Crippen molar-refractivity contribution in [3.8, 4) is 0 Å². The first-order chi connectivity index (χ1) is 13.6. The molecule has 1 saturated heterocycles. The Kier molecular flexibility index (Phi) is 5.23. The second-order valence-corrected chi connectivity index (χ2v) is 7.08. The lowest BCUT2D eigenvalue weighted by atomic mass is 10.1. The van der Waals surface area contributed by atoms with Gasteiger partial charge in [0.2, 0.25) is 0 Å². The van der Waals surface area contributed by atoms with Gasteiger partial charge in [-0.3, -0.25) is 14.7 Å². The van der Waals surface area contributed by atoms with Crippen molar-refractivity contribution < 1.29 is 9.53 Å². The number of benzene rings is 2. The summed E-state index contributed by atoms with van der Waals surface area (Å²) in [6.45, 7) is 5.89. The highest BCUT2D eigenvalue weighted by Gasteiger charge is 2.16. The van der Waals surface area contributed by atoms with Crippen LogP contribution in [0.3, 0.4) is 0 Å². The summed E-state index contributed by atoms with van der Waals surface area (Å²) in [6.07, 6.45) is 0. The third-order valence-corrected chi connectivity index (χ3v) is 4.99. The number of ether oxygens (including phenoxy) is 1. The molecule has 1 fully saturated rings. The van der Waals surface area contributed by atoms with Gasteiger partial charge in [-0.25, -0.2) is 0 Å². The van der Waals surface area contributed by atoms with E-state index in [0.717, 1.165) is 55.0 Å². The summed E-state index contributed by atoms with van der Waals surface area (Å²) in [5.74, 6) is -0.123. The number of nitrogens with zero attached hydrogens (tertiary/aromatic N) is 2. The summed E-state index contributed by atoms with van der Waals surface area (Å²) in [6, 6.07) is 15.2. The van der Waals surface area contributed by atoms with E-state index in [2.05, 4.69) is 15.2 Å². The number of carbonyl (C=O) groups excluding carboxylic acids is 1. The van der Waals surface area contributed by atoms with Gasteiger partial charge in [0.05, 0.1) is 18.7 Å². The number of fused-ring (bicyclic) bond motifs is 1. The van der Waals surface area contributed by atoms with E-state index in [1.807, 2.05) is 55.5 Å². The number of rotatable bonds is 4. The minimum absolute atomic E-state index is 0.123. The molecule has 0 radical (unpaired) electrons. The van der Waals surface area contributed by atoms with Gasteiger partial charge in [0, 0.05) is 47.7 Å². The molecule has 1 aromatic heterocycles. The molecular formula is C22H24N4O2. The molecule has 6 heteroatoms. The average Bonchev–Trinajstić information content (AvgIpc) is 2.69. The average molecular weight is 376 g/mol. The molecular weight excluding hydrogens is 352 g/mol. The molecule has 3 aromatic rings. The Hall–Kier alpha value is -2.96. The summed E-state index contributed by atoms with van der Waals surface area (Å²) in [4.78, 5) is 19.7. The number of pyridine rings is 1. The number of nitrogen functional groups attached to an aromatic ring is 1. The molecule has 28 heavy (non-hydrogen) atoms. The second-order valence-electron chi connectivity index (χ2n) is 7.08. The number of hydrogen-bond acceptors (Lipinski definition) is 5. The van der Waals surface area contributed by atoms with Crippen LogP contribution in [0.2, 0.25) is 0 Å². The normalized spacial score (nSPS) is 14.9. The van der Waals surface area contributed by atoms with Crippen molar-refractivity contribution in [1.82, 2.24) is 9.88 Å². The molecule has 1 aliphatic heterocycles. The van der Waals surface area contributed by atoms with Crippen LogP contribution in [0.4, 0.5) is 11.4 Å². The van der Waals surface area contributed by atoms with Crippen molar-refractivity contribution >= 4 is 28.2 Å². The van der Waals surface area contributed by atoms with Crippen LogP contribution in [0.15, 0.2) is 48.5 Å². The first-order valence-corrected chi connectivity index (χ1v) is 9.46. The van der Waals surface area contributed by atoms with Crippen LogP contribution in [0.5, 0.6) is 0 Å². The molecule has 144 valence electrons. The SMILES string of the molecule is Cc1cc(N)c2cc(NC(=O)c3ccccc3CN3CCOCC3)ccc2n1. The number of anilines is 2. The largest absolute Gasteiger partial charge is 0.398 e. The molecule has 0 atom stereocenters. The quantitative estimate of drug-likeness (QED) is 0.731. The number of morpholine rings is 1. The fourth-order valence-electron chi connectivity index (χ4n) is 3.55. The van der Waals surface area contributed by atoms with Gasteiger partial charge in [0.15, 0.2) is 0 Å². The molecule has 0 aliphatic carbocycles. The smallest absolute Gasteiger partial charge is 0.255 e. The number of aromatic nitrogens is 1. The van der Waals surface area contributed by atoms with Gasteiger partial charge < -0.3 is 15.8 Å². The number of nitrogens with one attached hydrogen (secondary N) is 1. The van der Waals surface area contributed by atoms with Crippen LogP contribution < -0.4 is 11.1 Å². The van der Waals surface area contributed by atoms with E-state index in [1.165, 1.54) is 0 Å². The Bertz CT molecular complexity index is 1010. The number of aryl methyl sites for hydroxylation is 1. The molecule has 0 saturated carbocycles. The van der Waals surface area contributed by atoms with Crippen LogP contribution in [0.25, 0.3) is 10.9 Å². The van der Waals surface area contributed by atoms with E-state index in [0.29, 0.717) is 16.9 Å². The monoisotopic (exact) mass is 376 g/mol. The van der Waals surface area contributed by atoms with Gasteiger partial charge in [-0.15, -0.1) is 0 Å². The van der Waals surface area contributed by atoms with Gasteiger partial charge in [-0.2, -0.15) is 0 Å². The first kappa shape index (κ1) is 18.4. The Morgan fingerprint density at radius 1 is 1.18 bits per heavy atom. The van der Waals surface area contributed by atoms with E-state index < -0.39 is 0 Å². The van der Waals surface area contributed by atoms with E-state index in [-0.39, 0.29) is 5.91 Å². The highest BCUT2D eigenvalue weighted by molar-refractivity contribution is 6.06. The third-order valence-electron chi connectivity index (χ3n) is 4.99. The van der Waals surface area contributed by atoms with Crippen LogP contribution in [-0.2, 0) is 11.3 Å². The lowest BCUT2D eigenvalue weighted by Gasteiger charge is -2.27. The van der Waals surface area contributed by atoms with Crippen molar-refractivity contribution in [2.24, 2.45) is 0 Å². The van der Waals surface area contributed by atoms with Gasteiger partial charge in [-0.1, -0.05) is 18.2 Å². The summed E-state index contributed by atoms with van der Waals surface area (Å²) >= 11 is 0. The van der Waals surface area contributed by atoms with Crippen molar-refractivity contribution in [1.29, 1.82) is 0 Å². The fourth-order valence-corrected chi connectivity index (χ4v) is 3.55. The third kappa shape index (κ3) is 3.98. The molecule has 3 N–H and O–H groups in total. The molecule has 6 nitrogen and oxygen atoms in total. The first-order valence-electron chi connectivity index (χ1n) is 9.46. The van der Waals surface area contributed by atoms with E-state index in [9.17, 15) is 4.79 Å². The molecule has 0 bridgehead atoms. The molecule has 1 amide bonds. The van der Waals surface area contributed by atoms with Crippen molar-refractivity contribution in [3.05, 3.63) is 65.4 Å². The maximum Gasteiger partial charge on any atom is 0.255 e. The van der Waals surface area contributed by atoms with Gasteiger partial charge in [0.25, 0.3) is 5.91 Å². The number of hydrogen-bond donors (Lipinski definition) is 2. The predicted molar refractivity (Wildman–Crippen MR) is 111 cm³/mol. The molecule has 4 rings (SSSR count).